The number of aliphatic hydroxyl groups is 1. The lowest BCUT2D eigenvalue weighted by Crippen LogP contribution is -2.39. The zero-order valence-electron chi connectivity index (χ0n) is 12.8. The molecule has 0 radical (unpaired) electrons. The topological polar surface area (TPSA) is 101 Å². The van der Waals surface area contributed by atoms with Crippen molar-refractivity contribution < 1.29 is 14.4 Å². The van der Waals surface area contributed by atoms with E-state index in [2.05, 4.69) is 20.4 Å². The number of pyridine rings is 1. The van der Waals surface area contributed by atoms with Crippen molar-refractivity contribution in [2.75, 3.05) is 6.61 Å². The van der Waals surface area contributed by atoms with Crippen LogP contribution in [0.3, 0.4) is 0 Å². The summed E-state index contributed by atoms with van der Waals surface area (Å²) in [5, 5.41) is 15.9. The lowest BCUT2D eigenvalue weighted by atomic mass is 10.1. The van der Waals surface area contributed by atoms with Crippen LogP contribution in [0, 0.1) is 0 Å². The van der Waals surface area contributed by atoms with Crippen molar-refractivity contribution in [2.24, 2.45) is 0 Å². The summed E-state index contributed by atoms with van der Waals surface area (Å²) >= 11 is 0. The highest BCUT2D eigenvalue weighted by molar-refractivity contribution is 5.90. The second kappa shape index (κ2) is 7.47. The highest BCUT2D eigenvalue weighted by Gasteiger charge is 2.20. The summed E-state index contributed by atoms with van der Waals surface area (Å²) in [4.78, 5) is 20.3. The molecule has 0 aliphatic heterocycles. The van der Waals surface area contributed by atoms with Crippen molar-refractivity contribution in [3.05, 3.63) is 66.2 Å². The van der Waals surface area contributed by atoms with Gasteiger partial charge >= 0.3 is 11.8 Å². The molecule has 122 valence electrons. The van der Waals surface area contributed by atoms with Crippen LogP contribution in [-0.4, -0.2) is 38.8 Å². The third kappa shape index (κ3) is 3.82. The van der Waals surface area contributed by atoms with E-state index in [0.29, 0.717) is 12.1 Å². The number of aliphatic hydroxyl groups excluding tert-OH is 1. The Hall–Kier alpha value is -3.06. The van der Waals surface area contributed by atoms with Crippen LogP contribution >= 0.6 is 0 Å². The zero-order chi connectivity index (χ0) is 16.8. The number of hydrogen-bond acceptors (Lipinski definition) is 6. The molecule has 7 nitrogen and oxygen atoms in total. The van der Waals surface area contributed by atoms with Gasteiger partial charge in [0.15, 0.2) is 0 Å². The average molecular weight is 324 g/mol. The normalized spacial score (nSPS) is 11.9. The van der Waals surface area contributed by atoms with E-state index in [0.717, 1.165) is 5.56 Å². The Morgan fingerprint density at radius 3 is 2.67 bits per heavy atom. The van der Waals surface area contributed by atoms with Gasteiger partial charge < -0.3 is 14.9 Å². The Labute approximate surface area is 138 Å². The first-order valence-corrected chi connectivity index (χ1v) is 7.47. The summed E-state index contributed by atoms with van der Waals surface area (Å²) in [5.41, 5.74) is 1.53. The maximum atomic E-state index is 12.2. The molecule has 0 aliphatic carbocycles. The molecule has 1 unspecified atom stereocenters. The van der Waals surface area contributed by atoms with Gasteiger partial charge in [0.1, 0.15) is 5.69 Å². The van der Waals surface area contributed by atoms with E-state index in [1.165, 1.54) is 0 Å². The highest BCUT2D eigenvalue weighted by atomic mass is 16.5. The molecule has 24 heavy (non-hydrogen) atoms. The van der Waals surface area contributed by atoms with Crippen molar-refractivity contribution in [3.8, 4) is 11.5 Å². The Morgan fingerprint density at radius 1 is 1.17 bits per heavy atom. The summed E-state index contributed by atoms with van der Waals surface area (Å²) in [6.45, 7) is -0.193. The van der Waals surface area contributed by atoms with Crippen LogP contribution in [0.15, 0.2) is 59.3 Å². The first-order valence-electron chi connectivity index (χ1n) is 7.47. The smallest absolute Gasteiger partial charge is 0.316 e. The molecule has 0 aliphatic rings. The molecule has 1 aromatic carbocycles. The third-order valence-electron chi connectivity index (χ3n) is 3.39. The van der Waals surface area contributed by atoms with Gasteiger partial charge in [-0.2, -0.15) is 4.98 Å². The Morgan fingerprint density at radius 2 is 1.96 bits per heavy atom. The fraction of sp³-hybridized carbons (Fsp3) is 0.176. The molecule has 0 saturated carbocycles. The average Bonchev–Trinajstić information content (AvgIpc) is 3.13. The van der Waals surface area contributed by atoms with E-state index in [9.17, 15) is 9.90 Å². The Bertz CT molecular complexity index is 790. The number of carbonyl (C=O) groups is 1. The van der Waals surface area contributed by atoms with Gasteiger partial charge in [0, 0.05) is 6.20 Å². The van der Waals surface area contributed by atoms with Crippen LogP contribution in [0.2, 0.25) is 0 Å². The first kappa shape index (κ1) is 15.8. The van der Waals surface area contributed by atoms with E-state index in [1.54, 1.807) is 24.4 Å². The van der Waals surface area contributed by atoms with Crippen LogP contribution in [0.5, 0.6) is 0 Å². The summed E-state index contributed by atoms with van der Waals surface area (Å²) in [6, 6.07) is 14.4. The van der Waals surface area contributed by atoms with Crippen LogP contribution in [0.4, 0.5) is 0 Å². The number of amides is 1. The van der Waals surface area contributed by atoms with Gasteiger partial charge in [0.05, 0.1) is 12.6 Å². The Balaban J connectivity index is 1.67. The highest BCUT2D eigenvalue weighted by Crippen LogP contribution is 2.12. The maximum Gasteiger partial charge on any atom is 0.316 e. The molecule has 7 heteroatoms. The van der Waals surface area contributed by atoms with Gasteiger partial charge in [-0.05, 0) is 24.1 Å². The van der Waals surface area contributed by atoms with E-state index in [1.807, 2.05) is 30.3 Å². The predicted octanol–water partition coefficient (Wildman–Crippen LogP) is 1.46. The van der Waals surface area contributed by atoms with E-state index in [4.69, 9.17) is 4.52 Å². The molecule has 0 spiro atoms. The fourth-order valence-corrected chi connectivity index (χ4v) is 2.22. The van der Waals surface area contributed by atoms with Gasteiger partial charge in [-0.3, -0.25) is 9.78 Å². The SMILES string of the molecule is O=C(NC(CO)Cc1ccccc1)c1nc(-c2ccccn2)no1. The van der Waals surface area contributed by atoms with E-state index in [-0.39, 0.29) is 18.3 Å². The summed E-state index contributed by atoms with van der Waals surface area (Å²) in [5.74, 6) is -0.453. The summed E-state index contributed by atoms with van der Waals surface area (Å²) < 4.78 is 4.98. The van der Waals surface area contributed by atoms with Crippen molar-refractivity contribution >= 4 is 5.91 Å². The lowest BCUT2D eigenvalue weighted by molar-refractivity contribution is 0.0872. The van der Waals surface area contributed by atoms with Crippen LogP contribution in [0.1, 0.15) is 16.2 Å². The van der Waals surface area contributed by atoms with E-state index >= 15 is 0 Å². The molecule has 0 fully saturated rings. The molecule has 3 rings (SSSR count). The number of nitrogens with one attached hydrogen (secondary N) is 1. The van der Waals surface area contributed by atoms with E-state index < -0.39 is 11.9 Å². The number of benzene rings is 1. The van der Waals surface area contributed by atoms with Gasteiger partial charge in [0.25, 0.3) is 0 Å². The molecular weight excluding hydrogens is 308 g/mol. The lowest BCUT2D eigenvalue weighted by Gasteiger charge is -2.14. The molecule has 0 saturated heterocycles. The van der Waals surface area contributed by atoms with Crippen molar-refractivity contribution in [1.82, 2.24) is 20.4 Å². The number of hydrogen-bond donors (Lipinski definition) is 2. The number of rotatable bonds is 6. The molecule has 2 aromatic heterocycles. The van der Waals surface area contributed by atoms with Gasteiger partial charge in [0.2, 0.25) is 5.82 Å². The number of aromatic nitrogens is 3. The fourth-order valence-electron chi connectivity index (χ4n) is 2.22. The minimum Gasteiger partial charge on any atom is -0.394 e. The Kier molecular flexibility index (Phi) is 4.93. The van der Waals surface area contributed by atoms with Crippen molar-refractivity contribution in [2.45, 2.75) is 12.5 Å². The van der Waals surface area contributed by atoms with Crippen molar-refractivity contribution in [3.63, 3.8) is 0 Å². The van der Waals surface area contributed by atoms with Crippen LogP contribution in [-0.2, 0) is 6.42 Å². The summed E-state index contributed by atoms with van der Waals surface area (Å²) in [7, 11) is 0. The first-order chi connectivity index (χ1) is 11.8. The van der Waals surface area contributed by atoms with Gasteiger partial charge in [-0.15, -0.1) is 0 Å². The molecule has 3 aromatic rings. The van der Waals surface area contributed by atoms with Gasteiger partial charge in [-0.1, -0.05) is 41.6 Å². The molecule has 0 bridgehead atoms. The zero-order valence-corrected chi connectivity index (χ0v) is 12.8. The predicted molar refractivity (Wildman–Crippen MR) is 86.0 cm³/mol. The van der Waals surface area contributed by atoms with Gasteiger partial charge in [-0.25, -0.2) is 0 Å². The third-order valence-corrected chi connectivity index (χ3v) is 3.39. The molecule has 2 N–H and O–H groups in total. The minimum atomic E-state index is -0.528. The molecular formula is C17H16N4O3. The number of carbonyl (C=O) groups excluding carboxylic acids is 1. The minimum absolute atomic E-state index is 0.165. The maximum absolute atomic E-state index is 12.2. The molecule has 1 amide bonds. The van der Waals surface area contributed by atoms with Crippen LogP contribution in [0.25, 0.3) is 11.5 Å². The van der Waals surface area contributed by atoms with Crippen molar-refractivity contribution in [1.29, 1.82) is 0 Å². The van der Waals surface area contributed by atoms with Crippen LogP contribution < -0.4 is 5.32 Å². The quantitative estimate of drug-likeness (QED) is 0.712. The second-order valence-electron chi connectivity index (χ2n) is 5.18. The monoisotopic (exact) mass is 324 g/mol. The molecule has 1 atom stereocenters. The summed E-state index contributed by atoms with van der Waals surface area (Å²) in [6.07, 6.45) is 2.11. The largest absolute Gasteiger partial charge is 0.394 e. The molecule has 2 heterocycles. The second-order valence-corrected chi connectivity index (χ2v) is 5.18. The standard InChI is InChI=1S/C17H16N4O3/c22-11-13(10-12-6-2-1-3-7-12)19-16(23)17-20-15(21-24-17)14-8-4-5-9-18-14/h1-9,13,22H,10-11H2,(H,19,23). The number of nitrogens with zero attached hydrogens (tertiary/aromatic N) is 3.